The van der Waals surface area contributed by atoms with Gasteiger partial charge in [0.25, 0.3) is 0 Å². The van der Waals surface area contributed by atoms with Crippen LogP contribution in [-0.2, 0) is 16.9 Å². The Morgan fingerprint density at radius 2 is 2.19 bits per heavy atom. The summed E-state index contributed by atoms with van der Waals surface area (Å²) in [6.45, 7) is 3.70. The molecule has 1 atom stereocenters. The molecular weight excluding hydrogens is 290 g/mol. The van der Waals surface area contributed by atoms with E-state index in [1.165, 1.54) is 6.26 Å². The second-order valence-corrected chi connectivity index (χ2v) is 8.41. The van der Waals surface area contributed by atoms with Crippen molar-refractivity contribution in [3.8, 4) is 0 Å². The van der Waals surface area contributed by atoms with E-state index in [9.17, 15) is 8.42 Å². The number of hydrogen-bond donors (Lipinski definition) is 1. The summed E-state index contributed by atoms with van der Waals surface area (Å²) < 4.78 is 30.1. The predicted molar refractivity (Wildman–Crippen MR) is 80.7 cm³/mol. The molecule has 1 N–H and O–H groups in total. The molecule has 0 fully saturated rings. The summed E-state index contributed by atoms with van der Waals surface area (Å²) >= 11 is 0. The third-order valence-corrected chi connectivity index (χ3v) is 5.83. The van der Waals surface area contributed by atoms with Crippen LogP contribution in [0, 0.1) is 0 Å². The Hall–Kier alpha value is -1.60. The Bertz CT molecular complexity index is 687. The van der Waals surface area contributed by atoms with E-state index in [1.54, 1.807) is 32.4 Å². The maximum Gasteiger partial charge on any atom is 0.153 e. The molecule has 0 bridgehead atoms. The van der Waals surface area contributed by atoms with Gasteiger partial charge in [-0.15, -0.1) is 0 Å². The molecule has 1 unspecified atom stereocenters. The number of furan rings is 1. The molecule has 0 amide bonds. The molecule has 0 aromatic carbocycles. The molecule has 2 aromatic rings. The van der Waals surface area contributed by atoms with Crippen molar-refractivity contribution in [2.75, 3.05) is 12.8 Å². The van der Waals surface area contributed by atoms with Crippen molar-refractivity contribution < 1.29 is 12.8 Å². The molecule has 0 aliphatic heterocycles. The maximum absolute atomic E-state index is 11.8. The van der Waals surface area contributed by atoms with Crippen LogP contribution in [0.1, 0.15) is 31.5 Å². The van der Waals surface area contributed by atoms with Gasteiger partial charge in [-0.05, 0) is 26.0 Å². The number of sulfone groups is 1. The van der Waals surface area contributed by atoms with Crippen LogP contribution in [0.25, 0.3) is 0 Å². The number of imidazole rings is 1. The second-order valence-electron chi connectivity index (χ2n) is 5.76. The third-order valence-electron chi connectivity index (χ3n) is 3.68. The van der Waals surface area contributed by atoms with Gasteiger partial charge in [0.05, 0.1) is 11.0 Å². The molecule has 0 radical (unpaired) electrons. The molecule has 116 valence electrons. The standard InChI is InChI=1S/C14H21N3O3S/c1-14(2,21(4,18)19)10-16-12(11-6-5-9-20-11)13-15-7-8-17(13)3/h5-9,12,16H,10H2,1-4H3. The third kappa shape index (κ3) is 3.36. The lowest BCUT2D eigenvalue weighted by Gasteiger charge is -2.26. The van der Waals surface area contributed by atoms with Crippen molar-refractivity contribution in [3.05, 3.63) is 42.4 Å². The van der Waals surface area contributed by atoms with Crippen molar-refractivity contribution in [3.63, 3.8) is 0 Å². The van der Waals surface area contributed by atoms with Gasteiger partial charge in [0.2, 0.25) is 0 Å². The molecule has 0 aliphatic rings. The van der Waals surface area contributed by atoms with Crippen LogP contribution in [0.3, 0.4) is 0 Å². The van der Waals surface area contributed by atoms with Crippen molar-refractivity contribution in [1.82, 2.24) is 14.9 Å². The number of nitrogens with one attached hydrogen (secondary N) is 1. The first kappa shape index (κ1) is 15.8. The fourth-order valence-electron chi connectivity index (χ4n) is 1.91. The lowest BCUT2D eigenvalue weighted by molar-refractivity contribution is 0.413. The van der Waals surface area contributed by atoms with Gasteiger partial charge >= 0.3 is 0 Å². The van der Waals surface area contributed by atoms with Gasteiger partial charge in [0, 0.05) is 32.2 Å². The highest BCUT2D eigenvalue weighted by atomic mass is 32.2. The average Bonchev–Trinajstić information content (AvgIpc) is 3.01. The van der Waals surface area contributed by atoms with Gasteiger partial charge in [0.15, 0.2) is 9.84 Å². The van der Waals surface area contributed by atoms with Gasteiger partial charge in [-0.1, -0.05) is 0 Å². The molecule has 0 aliphatic carbocycles. The van der Waals surface area contributed by atoms with Crippen molar-refractivity contribution >= 4 is 9.84 Å². The highest BCUT2D eigenvalue weighted by Crippen LogP contribution is 2.23. The number of aryl methyl sites for hydroxylation is 1. The minimum Gasteiger partial charge on any atom is -0.467 e. The summed E-state index contributed by atoms with van der Waals surface area (Å²) in [5.41, 5.74) is 0. The van der Waals surface area contributed by atoms with Crippen LogP contribution in [-0.4, -0.2) is 35.5 Å². The zero-order valence-corrected chi connectivity index (χ0v) is 13.5. The number of hydrogen-bond acceptors (Lipinski definition) is 5. The van der Waals surface area contributed by atoms with Gasteiger partial charge < -0.3 is 8.98 Å². The molecule has 2 aromatic heterocycles. The van der Waals surface area contributed by atoms with Gasteiger partial charge in [-0.25, -0.2) is 13.4 Å². The Kier molecular flexibility index (Phi) is 4.25. The number of rotatable bonds is 6. The van der Waals surface area contributed by atoms with Crippen LogP contribution in [0.4, 0.5) is 0 Å². The average molecular weight is 311 g/mol. The second kappa shape index (κ2) is 5.65. The van der Waals surface area contributed by atoms with E-state index in [0.29, 0.717) is 12.3 Å². The zero-order chi connectivity index (χ0) is 15.7. The molecule has 21 heavy (non-hydrogen) atoms. The summed E-state index contributed by atoms with van der Waals surface area (Å²) in [6, 6.07) is 3.36. The van der Waals surface area contributed by atoms with E-state index >= 15 is 0 Å². The Balaban J connectivity index is 2.25. The van der Waals surface area contributed by atoms with Crippen molar-refractivity contribution in [2.45, 2.75) is 24.6 Å². The van der Waals surface area contributed by atoms with E-state index in [0.717, 1.165) is 5.82 Å². The van der Waals surface area contributed by atoms with E-state index < -0.39 is 14.6 Å². The summed E-state index contributed by atoms with van der Waals surface area (Å²) in [4.78, 5) is 4.33. The largest absolute Gasteiger partial charge is 0.467 e. The van der Waals surface area contributed by atoms with E-state index in [2.05, 4.69) is 10.3 Å². The van der Waals surface area contributed by atoms with Gasteiger partial charge in [0.1, 0.15) is 17.6 Å². The molecule has 0 spiro atoms. The number of aromatic nitrogens is 2. The molecule has 7 heteroatoms. The molecular formula is C14H21N3O3S. The Morgan fingerprint density at radius 1 is 1.48 bits per heavy atom. The normalized spacial score (nSPS) is 14.3. The lowest BCUT2D eigenvalue weighted by atomic mass is 10.1. The topological polar surface area (TPSA) is 77.1 Å². The number of nitrogens with zero attached hydrogens (tertiary/aromatic N) is 2. The monoisotopic (exact) mass is 311 g/mol. The summed E-state index contributed by atoms with van der Waals surface area (Å²) in [6.07, 6.45) is 6.38. The molecule has 2 heterocycles. The Labute approximate surface area is 125 Å². The molecule has 2 rings (SSSR count). The van der Waals surface area contributed by atoms with E-state index in [-0.39, 0.29) is 6.04 Å². The fraction of sp³-hybridized carbons (Fsp3) is 0.500. The lowest BCUT2D eigenvalue weighted by Crippen LogP contribution is -2.43. The smallest absolute Gasteiger partial charge is 0.153 e. The minimum atomic E-state index is -3.17. The van der Waals surface area contributed by atoms with Crippen LogP contribution in [0.2, 0.25) is 0 Å². The van der Waals surface area contributed by atoms with Crippen LogP contribution in [0.15, 0.2) is 35.2 Å². The van der Waals surface area contributed by atoms with Crippen LogP contribution in [0.5, 0.6) is 0 Å². The summed E-state index contributed by atoms with van der Waals surface area (Å²) in [5.74, 6) is 1.47. The predicted octanol–water partition coefficient (Wildman–Crippen LogP) is 1.52. The minimum absolute atomic E-state index is 0.291. The molecule has 0 saturated heterocycles. The highest BCUT2D eigenvalue weighted by molar-refractivity contribution is 7.92. The summed E-state index contributed by atoms with van der Waals surface area (Å²) in [5, 5.41) is 3.26. The van der Waals surface area contributed by atoms with E-state index in [4.69, 9.17) is 4.42 Å². The van der Waals surface area contributed by atoms with Crippen LogP contribution < -0.4 is 5.32 Å². The molecule has 6 nitrogen and oxygen atoms in total. The fourth-order valence-corrected chi connectivity index (χ4v) is 2.25. The van der Waals surface area contributed by atoms with Gasteiger partial charge in [-0.3, -0.25) is 5.32 Å². The highest BCUT2D eigenvalue weighted by Gasteiger charge is 2.32. The first-order valence-corrected chi connectivity index (χ1v) is 8.55. The van der Waals surface area contributed by atoms with E-state index in [1.807, 2.05) is 23.9 Å². The summed E-state index contributed by atoms with van der Waals surface area (Å²) in [7, 11) is -1.28. The maximum atomic E-state index is 11.8. The van der Waals surface area contributed by atoms with Crippen molar-refractivity contribution in [1.29, 1.82) is 0 Å². The van der Waals surface area contributed by atoms with Crippen molar-refractivity contribution in [2.24, 2.45) is 7.05 Å². The van der Waals surface area contributed by atoms with Crippen LogP contribution >= 0.6 is 0 Å². The van der Waals surface area contributed by atoms with Gasteiger partial charge in [-0.2, -0.15) is 0 Å². The SMILES string of the molecule is Cn1ccnc1C(NCC(C)(C)S(C)(=O)=O)c1ccco1. The first-order valence-electron chi connectivity index (χ1n) is 6.66. The quantitative estimate of drug-likeness (QED) is 0.875. The zero-order valence-electron chi connectivity index (χ0n) is 12.7. The first-order chi connectivity index (χ1) is 9.72. The Morgan fingerprint density at radius 3 is 2.67 bits per heavy atom. The molecule has 0 saturated carbocycles.